The zero-order valence-corrected chi connectivity index (χ0v) is 10.4. The average molecular weight is 254 g/mol. The van der Waals surface area contributed by atoms with Gasteiger partial charge in [0.1, 0.15) is 11.9 Å². The van der Waals surface area contributed by atoms with Gasteiger partial charge in [-0.05, 0) is 12.8 Å². The van der Waals surface area contributed by atoms with Gasteiger partial charge in [-0.25, -0.2) is 4.79 Å². The molecule has 7 heteroatoms. The molecular weight excluding hydrogens is 236 g/mol. The summed E-state index contributed by atoms with van der Waals surface area (Å²) in [5.74, 6) is 0.125. The second-order valence-electron chi connectivity index (χ2n) is 4.57. The normalized spacial score (nSPS) is 23.2. The monoisotopic (exact) mass is 254 g/mol. The second kappa shape index (κ2) is 5.34. The molecule has 1 heterocycles. The van der Waals surface area contributed by atoms with E-state index in [-0.39, 0.29) is 18.2 Å². The topological polar surface area (TPSA) is 97.0 Å². The Morgan fingerprint density at radius 3 is 2.94 bits per heavy atom. The number of amidine groups is 1. The molecule has 0 radical (unpaired) electrons. The van der Waals surface area contributed by atoms with Crippen molar-refractivity contribution in [1.82, 2.24) is 10.2 Å². The summed E-state index contributed by atoms with van der Waals surface area (Å²) in [5, 5.41) is 2.87. The van der Waals surface area contributed by atoms with Crippen molar-refractivity contribution in [2.24, 2.45) is 10.7 Å². The lowest BCUT2D eigenvalue weighted by Crippen LogP contribution is -2.45. The van der Waals surface area contributed by atoms with Crippen LogP contribution in [0.15, 0.2) is 4.99 Å². The molecular formula is C11H18N4O3. The van der Waals surface area contributed by atoms with E-state index < -0.39 is 12.1 Å². The Bertz CT molecular complexity index is 378. The van der Waals surface area contributed by atoms with Gasteiger partial charge < -0.3 is 20.7 Å². The van der Waals surface area contributed by atoms with Gasteiger partial charge in [-0.3, -0.25) is 4.79 Å². The molecule has 1 fully saturated rings. The quantitative estimate of drug-likeness (QED) is 0.665. The summed E-state index contributed by atoms with van der Waals surface area (Å²) in [5.41, 5.74) is 5.69. The predicted octanol–water partition coefficient (Wildman–Crippen LogP) is -0.537. The van der Waals surface area contributed by atoms with E-state index in [9.17, 15) is 9.59 Å². The summed E-state index contributed by atoms with van der Waals surface area (Å²) < 4.78 is 4.93. The lowest BCUT2D eigenvalue weighted by atomic mass is 10.1. The van der Waals surface area contributed by atoms with E-state index in [1.807, 2.05) is 0 Å². The molecule has 1 aliphatic carbocycles. The zero-order valence-electron chi connectivity index (χ0n) is 10.4. The Morgan fingerprint density at radius 1 is 1.61 bits per heavy atom. The fraction of sp³-hybridized carbons (Fsp3) is 0.727. The number of nitrogens with zero attached hydrogens (tertiary/aromatic N) is 2. The van der Waals surface area contributed by atoms with Crippen LogP contribution < -0.4 is 11.1 Å². The number of amides is 3. The van der Waals surface area contributed by atoms with Crippen LogP contribution in [-0.4, -0.2) is 55.0 Å². The molecule has 0 saturated heterocycles. The number of ether oxygens (including phenoxy) is 1. The van der Waals surface area contributed by atoms with Gasteiger partial charge in [-0.15, -0.1) is 0 Å². The first-order valence-electron chi connectivity index (χ1n) is 6.04. The highest BCUT2D eigenvalue weighted by Gasteiger charge is 2.35. The Hall–Kier alpha value is -1.63. The maximum absolute atomic E-state index is 11.7. The third kappa shape index (κ3) is 2.98. The van der Waals surface area contributed by atoms with Crippen LogP contribution in [0, 0.1) is 0 Å². The zero-order chi connectivity index (χ0) is 13.1. The first-order valence-corrected chi connectivity index (χ1v) is 6.04. The molecule has 100 valence electrons. The van der Waals surface area contributed by atoms with Crippen LogP contribution in [0.25, 0.3) is 0 Å². The summed E-state index contributed by atoms with van der Waals surface area (Å²) in [7, 11) is 1.56. The predicted molar refractivity (Wildman–Crippen MR) is 65.2 cm³/mol. The fourth-order valence-corrected chi connectivity index (χ4v) is 1.89. The molecule has 1 unspecified atom stereocenters. The van der Waals surface area contributed by atoms with Crippen molar-refractivity contribution in [2.75, 3.05) is 20.3 Å². The number of urea groups is 1. The second-order valence-corrected chi connectivity index (χ2v) is 4.57. The van der Waals surface area contributed by atoms with E-state index in [1.54, 1.807) is 7.11 Å². The number of carbonyl (C=O) groups is 2. The van der Waals surface area contributed by atoms with Crippen LogP contribution in [0.4, 0.5) is 4.79 Å². The number of nitrogens with two attached hydrogens (primary N) is 1. The van der Waals surface area contributed by atoms with Crippen molar-refractivity contribution >= 4 is 17.8 Å². The number of aliphatic imine (C=N–C) groups is 1. The van der Waals surface area contributed by atoms with Crippen LogP contribution in [-0.2, 0) is 9.53 Å². The summed E-state index contributed by atoms with van der Waals surface area (Å²) in [6.45, 7) is 0.788. The summed E-state index contributed by atoms with van der Waals surface area (Å²) in [4.78, 5) is 28.5. The lowest BCUT2D eigenvalue weighted by molar-refractivity contribution is -0.121. The van der Waals surface area contributed by atoms with Gasteiger partial charge in [0.05, 0.1) is 13.0 Å². The molecule has 0 aromatic rings. The van der Waals surface area contributed by atoms with Crippen LogP contribution in [0.2, 0.25) is 0 Å². The largest absolute Gasteiger partial charge is 0.385 e. The maximum Gasteiger partial charge on any atom is 0.345 e. The Morgan fingerprint density at radius 2 is 2.33 bits per heavy atom. The van der Waals surface area contributed by atoms with Crippen molar-refractivity contribution in [3.05, 3.63) is 0 Å². The van der Waals surface area contributed by atoms with Crippen molar-refractivity contribution in [3.8, 4) is 0 Å². The van der Waals surface area contributed by atoms with Gasteiger partial charge in [0.2, 0.25) is 5.91 Å². The molecule has 1 atom stereocenters. The smallest absolute Gasteiger partial charge is 0.345 e. The lowest BCUT2D eigenvalue weighted by Gasteiger charge is -2.23. The Labute approximate surface area is 105 Å². The highest BCUT2D eigenvalue weighted by atomic mass is 16.5. The molecule has 0 aromatic heterocycles. The van der Waals surface area contributed by atoms with Crippen LogP contribution in [0.1, 0.15) is 19.3 Å². The van der Waals surface area contributed by atoms with Gasteiger partial charge in [-0.2, -0.15) is 4.99 Å². The highest BCUT2D eigenvalue weighted by Crippen LogP contribution is 2.20. The third-order valence-electron chi connectivity index (χ3n) is 3.05. The summed E-state index contributed by atoms with van der Waals surface area (Å²) in [6.07, 6.45) is 2.24. The van der Waals surface area contributed by atoms with Gasteiger partial charge in [0.25, 0.3) is 0 Å². The molecule has 2 rings (SSSR count). The van der Waals surface area contributed by atoms with E-state index >= 15 is 0 Å². The summed E-state index contributed by atoms with van der Waals surface area (Å²) >= 11 is 0. The highest BCUT2D eigenvalue weighted by molar-refractivity contribution is 6.04. The van der Waals surface area contributed by atoms with E-state index in [4.69, 9.17) is 10.5 Å². The molecule has 2 aliphatic rings. The van der Waals surface area contributed by atoms with Crippen LogP contribution >= 0.6 is 0 Å². The Balaban J connectivity index is 1.91. The number of nitrogens with one attached hydrogen (secondary N) is 1. The van der Waals surface area contributed by atoms with Crippen LogP contribution in [0.3, 0.4) is 0 Å². The standard InChI is InChI=1S/C11H18N4O3/c1-18-5-4-15-8(10(12)14-11(15)17)6-9(16)13-7-2-3-7/h7-8H,2-6H2,1H3,(H,13,16)(H2,12,14,17). The molecule has 1 saturated carbocycles. The average Bonchev–Trinajstić information content (AvgIpc) is 3.07. The van der Waals surface area contributed by atoms with Gasteiger partial charge >= 0.3 is 6.03 Å². The van der Waals surface area contributed by atoms with E-state index in [0.29, 0.717) is 19.2 Å². The molecule has 18 heavy (non-hydrogen) atoms. The number of rotatable bonds is 6. The van der Waals surface area contributed by atoms with Crippen molar-refractivity contribution in [1.29, 1.82) is 0 Å². The molecule has 0 aromatic carbocycles. The molecule has 3 amide bonds. The number of hydrogen-bond acceptors (Lipinski definition) is 4. The SMILES string of the molecule is COCCN1C(=O)N=C(N)C1CC(=O)NC1CC1. The minimum absolute atomic E-state index is 0.0854. The van der Waals surface area contributed by atoms with Crippen molar-refractivity contribution < 1.29 is 14.3 Å². The van der Waals surface area contributed by atoms with Gasteiger partial charge in [-0.1, -0.05) is 0 Å². The number of methoxy groups -OCH3 is 1. The van der Waals surface area contributed by atoms with Gasteiger partial charge in [0.15, 0.2) is 0 Å². The first-order chi connectivity index (χ1) is 8.61. The van der Waals surface area contributed by atoms with Crippen molar-refractivity contribution in [3.63, 3.8) is 0 Å². The molecule has 0 spiro atoms. The van der Waals surface area contributed by atoms with Gasteiger partial charge in [0, 0.05) is 19.7 Å². The van der Waals surface area contributed by atoms with E-state index in [0.717, 1.165) is 12.8 Å². The number of hydrogen-bond donors (Lipinski definition) is 2. The molecule has 0 bridgehead atoms. The van der Waals surface area contributed by atoms with E-state index in [2.05, 4.69) is 10.3 Å². The number of carbonyl (C=O) groups excluding carboxylic acids is 2. The van der Waals surface area contributed by atoms with Crippen LogP contribution in [0.5, 0.6) is 0 Å². The van der Waals surface area contributed by atoms with Crippen molar-refractivity contribution in [2.45, 2.75) is 31.3 Å². The summed E-state index contributed by atoms with van der Waals surface area (Å²) in [6, 6.07) is -0.527. The third-order valence-corrected chi connectivity index (χ3v) is 3.05. The minimum atomic E-state index is -0.439. The maximum atomic E-state index is 11.7. The Kier molecular flexibility index (Phi) is 3.81. The molecule has 1 aliphatic heterocycles. The minimum Gasteiger partial charge on any atom is -0.385 e. The fourth-order valence-electron chi connectivity index (χ4n) is 1.89. The molecule has 7 nitrogen and oxygen atoms in total. The molecule has 3 N–H and O–H groups in total. The van der Waals surface area contributed by atoms with E-state index in [1.165, 1.54) is 4.90 Å². The first kappa shape index (κ1) is 12.8.